The minimum Gasteiger partial charge on any atom is -0.495 e. The first-order valence-corrected chi connectivity index (χ1v) is 10.7. The van der Waals surface area contributed by atoms with Gasteiger partial charge in [-0.2, -0.15) is 0 Å². The Kier molecular flexibility index (Phi) is 7.47. The van der Waals surface area contributed by atoms with Gasteiger partial charge in [-0.3, -0.25) is 4.79 Å². The molecular weight excluding hydrogens is 447 g/mol. The van der Waals surface area contributed by atoms with Gasteiger partial charge in [-0.15, -0.1) is 10.2 Å². The lowest BCUT2D eigenvalue weighted by molar-refractivity contribution is -0.113. The molecule has 3 aromatic rings. The second-order valence-corrected chi connectivity index (χ2v) is 8.06. The number of methoxy groups -OCH3 is 1. The van der Waals surface area contributed by atoms with Gasteiger partial charge >= 0.3 is 0 Å². The monoisotopic (exact) mass is 466 g/mol. The summed E-state index contributed by atoms with van der Waals surface area (Å²) in [5.41, 5.74) is 0.617. The standard InChI is InChI=1S/C20H20Cl2N4O3S/c1-12(29-16-9-8-13(21)10-14(16)22)19-24-25-20(26(19)2)30-11-18(27)23-15-6-4-5-7-17(15)28-3/h4-10,12H,11H2,1-3H3,(H,23,27). The van der Waals surface area contributed by atoms with E-state index >= 15 is 0 Å². The molecule has 30 heavy (non-hydrogen) atoms. The van der Waals surface area contributed by atoms with Crippen molar-refractivity contribution in [2.24, 2.45) is 7.05 Å². The number of amides is 1. The highest BCUT2D eigenvalue weighted by molar-refractivity contribution is 7.99. The number of halogens is 2. The van der Waals surface area contributed by atoms with Crippen molar-refractivity contribution in [3.8, 4) is 11.5 Å². The van der Waals surface area contributed by atoms with Gasteiger partial charge in [-0.05, 0) is 37.3 Å². The van der Waals surface area contributed by atoms with Gasteiger partial charge in [0.05, 0.1) is 23.6 Å². The van der Waals surface area contributed by atoms with Crippen LogP contribution in [0.5, 0.6) is 11.5 Å². The van der Waals surface area contributed by atoms with Crippen LogP contribution in [0, 0.1) is 0 Å². The van der Waals surface area contributed by atoms with Crippen LogP contribution in [0.25, 0.3) is 0 Å². The molecule has 10 heteroatoms. The van der Waals surface area contributed by atoms with Crippen LogP contribution in [0.15, 0.2) is 47.6 Å². The van der Waals surface area contributed by atoms with E-state index in [2.05, 4.69) is 15.5 Å². The molecule has 7 nitrogen and oxygen atoms in total. The molecule has 3 rings (SSSR count). The van der Waals surface area contributed by atoms with Crippen LogP contribution in [-0.2, 0) is 11.8 Å². The Morgan fingerprint density at radius 1 is 1.20 bits per heavy atom. The molecule has 0 aliphatic carbocycles. The molecule has 0 fully saturated rings. The highest BCUT2D eigenvalue weighted by atomic mass is 35.5. The lowest BCUT2D eigenvalue weighted by Gasteiger charge is -2.15. The number of rotatable bonds is 8. The fourth-order valence-electron chi connectivity index (χ4n) is 2.68. The summed E-state index contributed by atoms with van der Waals surface area (Å²) < 4.78 is 12.9. The van der Waals surface area contributed by atoms with Crippen LogP contribution in [-0.4, -0.2) is 33.5 Å². The molecule has 0 saturated carbocycles. The molecule has 0 bridgehead atoms. The van der Waals surface area contributed by atoms with Gasteiger partial charge in [0.15, 0.2) is 17.1 Å². The lowest BCUT2D eigenvalue weighted by atomic mass is 10.3. The number of hydrogen-bond acceptors (Lipinski definition) is 6. The molecule has 158 valence electrons. The van der Waals surface area contributed by atoms with E-state index in [-0.39, 0.29) is 11.7 Å². The summed E-state index contributed by atoms with van der Waals surface area (Å²) in [7, 11) is 3.38. The van der Waals surface area contributed by atoms with Crippen molar-refractivity contribution < 1.29 is 14.3 Å². The maximum Gasteiger partial charge on any atom is 0.234 e. The first-order chi connectivity index (χ1) is 14.4. The van der Waals surface area contributed by atoms with Gasteiger partial charge in [0.25, 0.3) is 0 Å². The molecule has 0 saturated heterocycles. The zero-order valence-electron chi connectivity index (χ0n) is 16.6. The Labute approximate surface area is 188 Å². The SMILES string of the molecule is COc1ccccc1NC(=O)CSc1nnc(C(C)Oc2ccc(Cl)cc2Cl)n1C. The normalized spacial score (nSPS) is 11.8. The molecule has 0 spiro atoms. The fraction of sp³-hybridized carbons (Fsp3) is 0.250. The second kappa shape index (κ2) is 10.1. The number of para-hydroxylation sites is 2. The first kappa shape index (κ1) is 22.3. The van der Waals surface area contributed by atoms with Crippen LogP contribution in [0.1, 0.15) is 18.9 Å². The van der Waals surface area contributed by atoms with Crippen molar-refractivity contribution in [1.29, 1.82) is 0 Å². The third-order valence-electron chi connectivity index (χ3n) is 4.14. The Bertz CT molecular complexity index is 1040. The number of aromatic nitrogens is 3. The molecule has 0 radical (unpaired) electrons. The Morgan fingerprint density at radius 3 is 2.70 bits per heavy atom. The van der Waals surface area contributed by atoms with E-state index in [1.54, 1.807) is 42.0 Å². The van der Waals surface area contributed by atoms with Crippen molar-refractivity contribution in [2.75, 3.05) is 18.2 Å². The Balaban J connectivity index is 1.61. The van der Waals surface area contributed by atoms with Crippen molar-refractivity contribution in [1.82, 2.24) is 14.8 Å². The molecule has 2 aromatic carbocycles. The van der Waals surface area contributed by atoms with E-state index in [0.717, 1.165) is 0 Å². The van der Waals surface area contributed by atoms with Crippen molar-refractivity contribution >= 4 is 46.6 Å². The van der Waals surface area contributed by atoms with Gasteiger partial charge in [0, 0.05) is 12.1 Å². The average Bonchev–Trinajstić information content (AvgIpc) is 3.09. The molecule has 1 atom stereocenters. The number of ether oxygens (including phenoxy) is 2. The van der Waals surface area contributed by atoms with E-state index in [9.17, 15) is 4.79 Å². The number of hydrogen-bond donors (Lipinski definition) is 1. The number of anilines is 1. The summed E-state index contributed by atoms with van der Waals surface area (Å²) in [6.07, 6.45) is -0.405. The molecule has 1 heterocycles. The highest BCUT2D eigenvalue weighted by Crippen LogP contribution is 2.31. The summed E-state index contributed by atoms with van der Waals surface area (Å²) in [6.45, 7) is 1.85. The predicted molar refractivity (Wildman–Crippen MR) is 119 cm³/mol. The summed E-state index contributed by atoms with van der Waals surface area (Å²) >= 11 is 13.4. The lowest BCUT2D eigenvalue weighted by Crippen LogP contribution is -2.15. The van der Waals surface area contributed by atoms with Gasteiger partial charge in [0.2, 0.25) is 5.91 Å². The molecule has 1 N–H and O–H groups in total. The number of nitrogens with zero attached hydrogens (tertiary/aromatic N) is 3. The minimum atomic E-state index is -0.405. The van der Waals surface area contributed by atoms with Crippen molar-refractivity contribution in [3.05, 3.63) is 58.3 Å². The van der Waals surface area contributed by atoms with Crippen LogP contribution < -0.4 is 14.8 Å². The number of benzene rings is 2. The quantitative estimate of drug-likeness (QED) is 0.470. The van der Waals surface area contributed by atoms with Gasteiger partial charge in [0.1, 0.15) is 11.5 Å². The van der Waals surface area contributed by atoms with Crippen LogP contribution in [0.3, 0.4) is 0 Å². The topological polar surface area (TPSA) is 78.3 Å². The average molecular weight is 467 g/mol. The van der Waals surface area contributed by atoms with Crippen molar-refractivity contribution in [3.63, 3.8) is 0 Å². The smallest absolute Gasteiger partial charge is 0.234 e. The molecule has 1 unspecified atom stereocenters. The van der Waals surface area contributed by atoms with Crippen LogP contribution in [0.4, 0.5) is 5.69 Å². The zero-order valence-corrected chi connectivity index (χ0v) is 18.9. The Hall–Kier alpha value is -2.42. The van der Waals surface area contributed by atoms with Gasteiger partial charge in [-0.1, -0.05) is 47.1 Å². The van der Waals surface area contributed by atoms with E-state index in [1.165, 1.54) is 11.8 Å². The largest absolute Gasteiger partial charge is 0.495 e. The zero-order chi connectivity index (χ0) is 21.7. The molecule has 1 amide bonds. The van der Waals surface area contributed by atoms with Gasteiger partial charge < -0.3 is 19.4 Å². The number of thioether (sulfide) groups is 1. The van der Waals surface area contributed by atoms with Crippen molar-refractivity contribution in [2.45, 2.75) is 18.2 Å². The van der Waals surface area contributed by atoms with Gasteiger partial charge in [-0.25, -0.2) is 0 Å². The number of carbonyl (C=O) groups excluding carboxylic acids is 1. The molecular formula is C20H20Cl2N4O3S. The number of nitrogens with one attached hydrogen (secondary N) is 1. The minimum absolute atomic E-state index is 0.169. The predicted octanol–water partition coefficient (Wildman–Crippen LogP) is 5.00. The van der Waals surface area contributed by atoms with E-state index in [4.69, 9.17) is 32.7 Å². The molecule has 0 aliphatic heterocycles. The fourth-order valence-corrected chi connectivity index (χ4v) is 3.86. The van der Waals surface area contributed by atoms with Crippen LogP contribution in [0.2, 0.25) is 10.0 Å². The summed E-state index contributed by atoms with van der Waals surface area (Å²) in [5.74, 6) is 1.70. The summed E-state index contributed by atoms with van der Waals surface area (Å²) in [5, 5.41) is 12.7. The third kappa shape index (κ3) is 5.38. The van der Waals surface area contributed by atoms with E-state index in [1.807, 2.05) is 26.1 Å². The Morgan fingerprint density at radius 2 is 1.97 bits per heavy atom. The molecule has 0 aliphatic rings. The first-order valence-electron chi connectivity index (χ1n) is 8.95. The van der Waals surface area contributed by atoms with E-state index in [0.29, 0.717) is 38.2 Å². The second-order valence-electron chi connectivity index (χ2n) is 6.27. The maximum absolute atomic E-state index is 12.3. The maximum atomic E-state index is 12.3. The van der Waals surface area contributed by atoms with E-state index < -0.39 is 6.10 Å². The summed E-state index contributed by atoms with van der Waals surface area (Å²) in [4.78, 5) is 12.3. The van der Waals surface area contributed by atoms with Crippen LogP contribution >= 0.6 is 35.0 Å². The summed E-state index contributed by atoms with van der Waals surface area (Å²) in [6, 6.07) is 12.3. The third-order valence-corrected chi connectivity index (χ3v) is 5.69. The molecule has 1 aromatic heterocycles. The highest BCUT2D eigenvalue weighted by Gasteiger charge is 2.19. The number of carbonyl (C=O) groups is 1.